The van der Waals surface area contributed by atoms with E-state index in [4.69, 9.17) is 4.74 Å². The molecule has 5 nitrogen and oxygen atoms in total. The first-order valence-corrected chi connectivity index (χ1v) is 8.13. The van der Waals surface area contributed by atoms with Crippen LogP contribution in [0.3, 0.4) is 0 Å². The van der Waals surface area contributed by atoms with Crippen molar-refractivity contribution in [2.75, 3.05) is 19.6 Å². The van der Waals surface area contributed by atoms with Gasteiger partial charge in [0.1, 0.15) is 11.9 Å². The SMILES string of the molecule is O=C(Cc1ccc(F)cc1)NCCN1CC(c2ccccc2)OC1=O. The van der Waals surface area contributed by atoms with Gasteiger partial charge in [0.25, 0.3) is 0 Å². The minimum absolute atomic E-state index is 0.168. The third kappa shape index (κ3) is 4.56. The highest BCUT2D eigenvalue weighted by atomic mass is 19.1. The monoisotopic (exact) mass is 342 g/mol. The van der Waals surface area contributed by atoms with Crippen molar-refractivity contribution in [2.24, 2.45) is 0 Å². The van der Waals surface area contributed by atoms with Gasteiger partial charge in [-0.25, -0.2) is 9.18 Å². The van der Waals surface area contributed by atoms with Crippen molar-refractivity contribution < 1.29 is 18.7 Å². The van der Waals surface area contributed by atoms with Crippen LogP contribution in [0.15, 0.2) is 54.6 Å². The molecule has 2 aromatic rings. The molecular formula is C19H19FN2O3. The van der Waals surface area contributed by atoms with Crippen LogP contribution in [-0.4, -0.2) is 36.5 Å². The lowest BCUT2D eigenvalue weighted by molar-refractivity contribution is -0.120. The first-order chi connectivity index (χ1) is 12.1. The van der Waals surface area contributed by atoms with E-state index in [0.29, 0.717) is 19.6 Å². The predicted octanol–water partition coefficient (Wildman–Crippen LogP) is 2.68. The average molecular weight is 342 g/mol. The number of hydrogen-bond acceptors (Lipinski definition) is 3. The van der Waals surface area contributed by atoms with Crippen molar-refractivity contribution in [1.82, 2.24) is 10.2 Å². The van der Waals surface area contributed by atoms with Crippen LogP contribution in [0.4, 0.5) is 9.18 Å². The highest BCUT2D eigenvalue weighted by molar-refractivity contribution is 5.78. The molecule has 0 saturated carbocycles. The van der Waals surface area contributed by atoms with Gasteiger partial charge in [0.2, 0.25) is 5.91 Å². The molecule has 3 rings (SSSR count). The molecule has 1 saturated heterocycles. The summed E-state index contributed by atoms with van der Waals surface area (Å²) in [6, 6.07) is 15.4. The number of nitrogens with zero attached hydrogens (tertiary/aromatic N) is 1. The van der Waals surface area contributed by atoms with E-state index < -0.39 is 0 Å². The molecule has 6 heteroatoms. The summed E-state index contributed by atoms with van der Waals surface area (Å²) in [6.07, 6.45) is -0.470. The molecule has 1 fully saturated rings. The maximum absolute atomic E-state index is 12.8. The molecule has 1 unspecified atom stereocenters. The van der Waals surface area contributed by atoms with E-state index in [9.17, 15) is 14.0 Å². The quantitative estimate of drug-likeness (QED) is 0.878. The third-order valence-corrected chi connectivity index (χ3v) is 4.04. The van der Waals surface area contributed by atoms with Crippen LogP contribution >= 0.6 is 0 Å². The topological polar surface area (TPSA) is 58.6 Å². The fourth-order valence-corrected chi connectivity index (χ4v) is 2.71. The molecule has 25 heavy (non-hydrogen) atoms. The van der Waals surface area contributed by atoms with Gasteiger partial charge in [-0.15, -0.1) is 0 Å². The lowest BCUT2D eigenvalue weighted by atomic mass is 10.1. The second-order valence-electron chi connectivity index (χ2n) is 5.88. The van der Waals surface area contributed by atoms with Crippen LogP contribution in [0, 0.1) is 5.82 Å². The van der Waals surface area contributed by atoms with E-state index >= 15 is 0 Å². The van der Waals surface area contributed by atoms with E-state index in [-0.39, 0.29) is 30.3 Å². The first kappa shape index (κ1) is 17.0. The summed E-state index contributed by atoms with van der Waals surface area (Å²) in [6.45, 7) is 1.20. The highest BCUT2D eigenvalue weighted by Crippen LogP contribution is 2.25. The van der Waals surface area contributed by atoms with E-state index in [0.717, 1.165) is 11.1 Å². The summed E-state index contributed by atoms with van der Waals surface area (Å²) < 4.78 is 18.2. The van der Waals surface area contributed by atoms with Crippen LogP contribution in [0.25, 0.3) is 0 Å². The Bertz CT molecular complexity index is 734. The summed E-state index contributed by atoms with van der Waals surface area (Å²) in [7, 11) is 0. The maximum atomic E-state index is 12.8. The molecule has 0 spiro atoms. The van der Waals surface area contributed by atoms with Crippen molar-refractivity contribution in [3.63, 3.8) is 0 Å². The number of nitrogens with one attached hydrogen (secondary N) is 1. The Balaban J connectivity index is 1.43. The van der Waals surface area contributed by atoms with E-state index in [1.807, 2.05) is 30.3 Å². The number of rotatable bonds is 6. The van der Waals surface area contributed by atoms with Gasteiger partial charge in [-0.2, -0.15) is 0 Å². The second-order valence-corrected chi connectivity index (χ2v) is 5.88. The number of carbonyl (C=O) groups is 2. The standard InChI is InChI=1S/C19H19FN2O3/c20-16-8-6-14(7-9-16)12-18(23)21-10-11-22-13-17(25-19(22)24)15-4-2-1-3-5-15/h1-9,17H,10-13H2,(H,21,23). The number of halogens is 1. The van der Waals surface area contributed by atoms with Gasteiger partial charge >= 0.3 is 6.09 Å². The van der Waals surface area contributed by atoms with Crippen molar-refractivity contribution in [3.05, 3.63) is 71.5 Å². The summed E-state index contributed by atoms with van der Waals surface area (Å²) >= 11 is 0. The Morgan fingerprint density at radius 3 is 2.60 bits per heavy atom. The molecule has 1 atom stereocenters. The highest BCUT2D eigenvalue weighted by Gasteiger charge is 2.31. The summed E-state index contributed by atoms with van der Waals surface area (Å²) in [5.74, 6) is -0.497. The lowest BCUT2D eigenvalue weighted by Gasteiger charge is -2.13. The Morgan fingerprint density at radius 1 is 1.16 bits per heavy atom. The van der Waals surface area contributed by atoms with Crippen LogP contribution < -0.4 is 5.32 Å². The molecule has 130 valence electrons. The van der Waals surface area contributed by atoms with E-state index in [1.165, 1.54) is 12.1 Å². The van der Waals surface area contributed by atoms with Crippen LogP contribution in [0.1, 0.15) is 17.2 Å². The van der Waals surface area contributed by atoms with Gasteiger partial charge in [0.05, 0.1) is 13.0 Å². The smallest absolute Gasteiger partial charge is 0.410 e. The zero-order valence-corrected chi connectivity index (χ0v) is 13.7. The lowest BCUT2D eigenvalue weighted by Crippen LogP contribution is -2.36. The molecule has 2 amide bonds. The molecule has 2 aromatic carbocycles. The Labute approximate surface area is 145 Å². The van der Waals surface area contributed by atoms with Crippen molar-refractivity contribution in [2.45, 2.75) is 12.5 Å². The Hall–Kier alpha value is -2.89. The van der Waals surface area contributed by atoms with Crippen molar-refractivity contribution >= 4 is 12.0 Å². The van der Waals surface area contributed by atoms with Crippen molar-refractivity contribution in [1.29, 1.82) is 0 Å². The number of carbonyl (C=O) groups excluding carboxylic acids is 2. The molecule has 0 aliphatic carbocycles. The molecule has 1 aliphatic heterocycles. The normalized spacial score (nSPS) is 16.6. The summed E-state index contributed by atoms with van der Waals surface area (Å²) in [5.41, 5.74) is 1.70. The summed E-state index contributed by atoms with van der Waals surface area (Å²) in [4.78, 5) is 25.4. The fraction of sp³-hybridized carbons (Fsp3) is 0.263. The number of benzene rings is 2. The minimum Gasteiger partial charge on any atom is -0.439 e. The van der Waals surface area contributed by atoms with Crippen LogP contribution in [-0.2, 0) is 16.0 Å². The van der Waals surface area contributed by atoms with Gasteiger partial charge in [-0.1, -0.05) is 42.5 Å². The van der Waals surface area contributed by atoms with Crippen molar-refractivity contribution in [3.8, 4) is 0 Å². The van der Waals surface area contributed by atoms with Gasteiger partial charge < -0.3 is 15.0 Å². The number of hydrogen-bond donors (Lipinski definition) is 1. The summed E-state index contributed by atoms with van der Waals surface area (Å²) in [5, 5.41) is 2.77. The third-order valence-electron chi connectivity index (χ3n) is 4.04. The van der Waals surface area contributed by atoms with Gasteiger partial charge in [-0.05, 0) is 23.3 Å². The second kappa shape index (κ2) is 7.79. The number of ether oxygens (including phenoxy) is 1. The molecule has 1 N–H and O–H groups in total. The zero-order chi connectivity index (χ0) is 17.6. The minimum atomic E-state index is -0.373. The van der Waals surface area contributed by atoms with Crippen LogP contribution in [0.2, 0.25) is 0 Å². The van der Waals surface area contributed by atoms with Gasteiger partial charge in [0.15, 0.2) is 0 Å². The van der Waals surface area contributed by atoms with Crippen LogP contribution in [0.5, 0.6) is 0 Å². The first-order valence-electron chi connectivity index (χ1n) is 8.13. The van der Waals surface area contributed by atoms with E-state index in [2.05, 4.69) is 5.32 Å². The molecule has 0 radical (unpaired) electrons. The molecule has 1 heterocycles. The maximum Gasteiger partial charge on any atom is 0.410 e. The molecule has 0 bridgehead atoms. The molecule has 1 aliphatic rings. The zero-order valence-electron chi connectivity index (χ0n) is 13.7. The number of amides is 2. The number of cyclic esters (lactones) is 1. The fourth-order valence-electron chi connectivity index (χ4n) is 2.71. The average Bonchev–Trinajstić information content (AvgIpc) is 2.99. The van der Waals surface area contributed by atoms with E-state index in [1.54, 1.807) is 17.0 Å². The molecule has 0 aromatic heterocycles. The van der Waals surface area contributed by atoms with Gasteiger partial charge in [0, 0.05) is 13.1 Å². The molecular weight excluding hydrogens is 323 g/mol. The Morgan fingerprint density at radius 2 is 1.88 bits per heavy atom. The largest absolute Gasteiger partial charge is 0.439 e. The Kier molecular flexibility index (Phi) is 5.28. The van der Waals surface area contributed by atoms with Gasteiger partial charge in [-0.3, -0.25) is 4.79 Å². The predicted molar refractivity (Wildman–Crippen MR) is 90.4 cm³/mol.